The molecule has 4 aromatic heterocycles. The van der Waals surface area contributed by atoms with Crippen molar-refractivity contribution in [2.24, 2.45) is 0 Å². The van der Waals surface area contributed by atoms with Crippen molar-refractivity contribution < 1.29 is 23.1 Å². The predicted molar refractivity (Wildman–Crippen MR) is 269 cm³/mol. The van der Waals surface area contributed by atoms with Gasteiger partial charge in [-0.1, -0.05) is 60.6 Å². The molecule has 4 aromatic carbocycles. The van der Waals surface area contributed by atoms with Crippen molar-refractivity contribution in [1.82, 2.24) is 55.0 Å². The highest BCUT2D eigenvalue weighted by molar-refractivity contribution is 6.35. The lowest BCUT2D eigenvalue weighted by atomic mass is 9.95. The summed E-state index contributed by atoms with van der Waals surface area (Å²) >= 11 is 13.9. The van der Waals surface area contributed by atoms with E-state index in [2.05, 4.69) is 53.4 Å². The van der Waals surface area contributed by atoms with E-state index in [0.717, 1.165) is 27.5 Å². The third-order valence-corrected chi connectivity index (χ3v) is 13.8. The number of H-pyrrole nitrogens is 2. The SMILES string of the molecule is C=CC(=O)N1CCN(c2nc(OCCN(C)CCc3n[nH]c4c(-c5c(Cl)cc6c(N7CCN(C(=O)C=C)CC7)ncnc6c5F)cccc34)nc3c(F)c(-c4c(C)ccc5[nH]ncc45)c(Cl)cc23)CC1. The molecule has 358 valence electrons. The molecular weight excluding hydrogens is 940 g/mol. The molecule has 20 heteroatoms. The van der Waals surface area contributed by atoms with Gasteiger partial charge in [-0.3, -0.25) is 19.8 Å². The van der Waals surface area contributed by atoms with Crippen molar-refractivity contribution in [2.45, 2.75) is 13.3 Å². The Morgan fingerprint density at radius 3 is 2.13 bits per heavy atom. The molecule has 2 saturated heterocycles. The van der Waals surface area contributed by atoms with Crippen LogP contribution in [0, 0.1) is 18.6 Å². The standard InChI is InChI=1S/C50H47Cl2F2N13O3/c1-5-38(68)64-14-18-66(19-15-64)48-31-24-34(51)41(43(53)46(31)55-27-56-48)30-9-7-8-29-37(61-62-45(29)30)12-13-63(4)22-23-70-50-58-47-32(49(59-50)67-20-16-65(17-21-67)39(69)6-2)25-35(52)42(44(47)54)40-28(3)10-11-36-33(40)26-57-60-36/h5-11,24-27H,1-2,12-23H2,3-4H3,(H,57,60)(H,61,62). The van der Waals surface area contributed by atoms with Gasteiger partial charge in [-0.25, -0.2) is 18.7 Å². The zero-order valence-corrected chi connectivity index (χ0v) is 39.9. The molecule has 2 N–H and O–H groups in total. The topological polar surface area (TPSA) is 168 Å². The summed E-state index contributed by atoms with van der Waals surface area (Å²) in [7, 11) is 1.95. The van der Waals surface area contributed by atoms with Crippen LogP contribution in [0.3, 0.4) is 0 Å². The fraction of sp³-hybridized carbons (Fsp3) is 0.280. The number of rotatable bonds is 13. The zero-order valence-electron chi connectivity index (χ0n) is 38.4. The van der Waals surface area contributed by atoms with Gasteiger partial charge in [0.1, 0.15) is 35.6 Å². The van der Waals surface area contributed by atoms with Gasteiger partial charge in [-0.2, -0.15) is 20.2 Å². The van der Waals surface area contributed by atoms with Crippen LogP contribution in [0.4, 0.5) is 20.4 Å². The van der Waals surface area contributed by atoms with Crippen LogP contribution in [0.25, 0.3) is 65.9 Å². The second kappa shape index (κ2) is 19.3. The Hall–Kier alpha value is -7.28. The molecule has 2 aliphatic heterocycles. The number of aromatic amines is 2. The number of nitrogens with zero attached hydrogens (tertiary/aromatic N) is 11. The molecule has 2 amide bonds. The number of benzene rings is 4. The van der Waals surface area contributed by atoms with Gasteiger partial charge in [0.2, 0.25) is 11.8 Å². The van der Waals surface area contributed by atoms with Crippen LogP contribution in [0.15, 0.2) is 80.3 Å². The van der Waals surface area contributed by atoms with Crippen LogP contribution >= 0.6 is 23.2 Å². The molecule has 10 rings (SSSR count). The molecule has 0 atom stereocenters. The Labute approximate surface area is 410 Å². The summed E-state index contributed by atoms with van der Waals surface area (Å²) in [4.78, 5) is 52.3. The minimum Gasteiger partial charge on any atom is -0.462 e. The Morgan fingerprint density at radius 2 is 1.43 bits per heavy atom. The number of hydrogen-bond donors (Lipinski definition) is 2. The maximum Gasteiger partial charge on any atom is 0.319 e. The van der Waals surface area contributed by atoms with E-state index in [1.807, 2.05) is 48.0 Å². The number of amides is 2. The van der Waals surface area contributed by atoms with E-state index in [-0.39, 0.29) is 56.6 Å². The van der Waals surface area contributed by atoms with Crippen LogP contribution in [0.1, 0.15) is 11.3 Å². The number of aromatic nitrogens is 8. The second-order valence-corrected chi connectivity index (χ2v) is 18.2. The molecular formula is C50H47Cl2F2N13O3. The van der Waals surface area contributed by atoms with Crippen molar-refractivity contribution in [2.75, 3.05) is 88.9 Å². The molecule has 0 radical (unpaired) electrons. The summed E-state index contributed by atoms with van der Waals surface area (Å²) < 4.78 is 40.0. The van der Waals surface area contributed by atoms with E-state index in [1.165, 1.54) is 18.5 Å². The lowest BCUT2D eigenvalue weighted by Gasteiger charge is -2.35. The number of para-hydroxylation sites is 1. The quantitative estimate of drug-likeness (QED) is 0.108. The zero-order chi connectivity index (χ0) is 48.8. The predicted octanol–water partition coefficient (Wildman–Crippen LogP) is 7.78. The number of halogens is 4. The number of likely N-dealkylation sites (N-methyl/N-ethyl adjacent to an activating group) is 1. The fourth-order valence-electron chi connectivity index (χ4n) is 9.50. The van der Waals surface area contributed by atoms with E-state index >= 15 is 8.78 Å². The number of anilines is 2. The van der Waals surface area contributed by atoms with Crippen LogP contribution < -0.4 is 14.5 Å². The van der Waals surface area contributed by atoms with Gasteiger partial charge in [0.05, 0.1) is 33.0 Å². The molecule has 0 unspecified atom stereocenters. The minimum atomic E-state index is -0.613. The van der Waals surface area contributed by atoms with E-state index < -0.39 is 11.6 Å². The van der Waals surface area contributed by atoms with Crippen molar-refractivity contribution in [1.29, 1.82) is 0 Å². The van der Waals surface area contributed by atoms with E-state index in [4.69, 9.17) is 32.9 Å². The third-order valence-electron chi connectivity index (χ3n) is 13.2. The van der Waals surface area contributed by atoms with Gasteiger partial charge in [-0.05, 0) is 49.9 Å². The van der Waals surface area contributed by atoms with Gasteiger partial charge in [0.15, 0.2) is 11.6 Å². The van der Waals surface area contributed by atoms with Crippen molar-refractivity contribution >= 4 is 90.3 Å². The first-order chi connectivity index (χ1) is 33.9. The van der Waals surface area contributed by atoms with Crippen molar-refractivity contribution in [3.63, 3.8) is 0 Å². The molecule has 2 aliphatic rings. The highest BCUT2D eigenvalue weighted by atomic mass is 35.5. The lowest BCUT2D eigenvalue weighted by molar-refractivity contribution is -0.127. The maximum atomic E-state index is 17.1. The van der Waals surface area contributed by atoms with Gasteiger partial charge < -0.3 is 29.2 Å². The van der Waals surface area contributed by atoms with Crippen molar-refractivity contribution in [3.8, 4) is 28.3 Å². The number of ether oxygens (including phenoxy) is 1. The second-order valence-electron chi connectivity index (χ2n) is 17.3. The molecule has 16 nitrogen and oxygen atoms in total. The Bertz CT molecular complexity index is 3380. The normalized spacial score (nSPS) is 14.4. The maximum absolute atomic E-state index is 17.1. The molecule has 0 saturated carbocycles. The minimum absolute atomic E-state index is 0.00113. The molecule has 0 aliphatic carbocycles. The molecule has 2 fully saturated rings. The van der Waals surface area contributed by atoms with Crippen LogP contribution in [0.2, 0.25) is 10.0 Å². The summed E-state index contributed by atoms with van der Waals surface area (Å²) in [5.74, 6) is -0.484. The average molecular weight is 987 g/mol. The van der Waals surface area contributed by atoms with E-state index in [9.17, 15) is 9.59 Å². The number of piperazine rings is 2. The third kappa shape index (κ3) is 8.49. The van der Waals surface area contributed by atoms with Crippen LogP contribution in [0.5, 0.6) is 6.01 Å². The first-order valence-electron chi connectivity index (χ1n) is 22.8. The number of carbonyl (C=O) groups excluding carboxylic acids is 2. The Morgan fingerprint density at radius 1 is 0.771 bits per heavy atom. The summed E-state index contributed by atoms with van der Waals surface area (Å²) in [6, 6.07) is 12.8. The fourth-order valence-corrected chi connectivity index (χ4v) is 10.1. The number of nitrogens with one attached hydrogen (secondary N) is 2. The summed E-state index contributed by atoms with van der Waals surface area (Å²) in [6.45, 7) is 14.0. The lowest BCUT2D eigenvalue weighted by Crippen LogP contribution is -2.48. The monoisotopic (exact) mass is 985 g/mol. The largest absolute Gasteiger partial charge is 0.462 e. The number of fused-ring (bicyclic) bond motifs is 4. The molecule has 0 bridgehead atoms. The van der Waals surface area contributed by atoms with Gasteiger partial charge in [-0.15, -0.1) is 0 Å². The van der Waals surface area contributed by atoms with Gasteiger partial charge >= 0.3 is 6.01 Å². The first kappa shape index (κ1) is 46.4. The summed E-state index contributed by atoms with van der Waals surface area (Å²) in [5.41, 5.74) is 4.71. The number of carbonyl (C=O) groups is 2. The van der Waals surface area contributed by atoms with Gasteiger partial charge in [0, 0.05) is 116 Å². The highest BCUT2D eigenvalue weighted by Crippen LogP contribution is 2.43. The first-order valence-corrected chi connectivity index (χ1v) is 23.5. The highest BCUT2D eigenvalue weighted by Gasteiger charge is 2.29. The Balaban J connectivity index is 0.864. The summed E-state index contributed by atoms with van der Waals surface area (Å²) in [6.07, 6.45) is 6.14. The molecule has 8 aromatic rings. The van der Waals surface area contributed by atoms with Crippen LogP contribution in [-0.4, -0.2) is 146 Å². The van der Waals surface area contributed by atoms with E-state index in [0.29, 0.717) is 111 Å². The average Bonchev–Trinajstić information content (AvgIpc) is 4.04. The number of hydrogen-bond acceptors (Lipinski definition) is 12. The van der Waals surface area contributed by atoms with Crippen LogP contribution in [-0.2, 0) is 16.0 Å². The molecule has 6 heterocycles. The molecule has 70 heavy (non-hydrogen) atoms. The van der Waals surface area contributed by atoms with E-state index in [1.54, 1.807) is 34.2 Å². The summed E-state index contributed by atoms with van der Waals surface area (Å²) in [5, 5.41) is 17.8. The molecule has 0 spiro atoms. The number of aryl methyl sites for hydroxylation is 1. The smallest absolute Gasteiger partial charge is 0.319 e. The van der Waals surface area contributed by atoms with Crippen molar-refractivity contribution in [3.05, 3.63) is 113 Å². The Kier molecular flexibility index (Phi) is 12.8. The van der Waals surface area contributed by atoms with Gasteiger partial charge in [0.25, 0.3) is 0 Å².